The number of benzene rings is 2. The Kier molecular flexibility index (Phi) is 5.02. The Labute approximate surface area is 120 Å². The molecule has 3 heteroatoms. The van der Waals surface area contributed by atoms with Crippen LogP contribution in [0.2, 0.25) is 0 Å². The zero-order valence-electron chi connectivity index (χ0n) is 12.1. The topological polar surface area (TPSA) is 46.1 Å². The molecule has 0 saturated carbocycles. The van der Waals surface area contributed by atoms with Crippen molar-refractivity contribution in [2.45, 2.75) is 12.3 Å². The van der Waals surface area contributed by atoms with Gasteiger partial charge in [-0.2, -0.15) is 0 Å². The lowest BCUT2D eigenvalue weighted by Gasteiger charge is -2.19. The monoisotopic (exact) mass is 272 g/mol. The van der Waals surface area contributed by atoms with E-state index in [1.54, 1.807) is 14.2 Å². The van der Waals surface area contributed by atoms with Crippen LogP contribution >= 0.6 is 0 Å². The molecule has 0 aliphatic heterocycles. The van der Waals surface area contributed by atoms with Gasteiger partial charge in [0.15, 0.2) is 0 Å². The van der Waals surface area contributed by atoms with Crippen molar-refractivity contribution in [3.8, 4) is 11.5 Å². The molecule has 2 rings (SSSR count). The van der Waals surface area contributed by atoms with E-state index in [0.29, 0.717) is 5.92 Å². The molecular formula is C17H22NO2+. The smallest absolute Gasteiger partial charge is 0.122 e. The van der Waals surface area contributed by atoms with E-state index >= 15 is 0 Å². The van der Waals surface area contributed by atoms with Crippen LogP contribution in [-0.4, -0.2) is 20.8 Å². The van der Waals surface area contributed by atoms with E-state index in [0.717, 1.165) is 24.5 Å². The fraction of sp³-hybridized carbons (Fsp3) is 0.294. The van der Waals surface area contributed by atoms with E-state index in [1.807, 2.05) is 24.3 Å². The second-order valence-electron chi connectivity index (χ2n) is 4.71. The quantitative estimate of drug-likeness (QED) is 0.878. The summed E-state index contributed by atoms with van der Waals surface area (Å²) in [5, 5.41) is 0. The summed E-state index contributed by atoms with van der Waals surface area (Å²) in [7, 11) is 3.40. The summed E-state index contributed by atoms with van der Waals surface area (Å²) in [6.45, 7) is 0.884. The lowest BCUT2D eigenvalue weighted by atomic mass is 9.88. The van der Waals surface area contributed by atoms with Gasteiger partial charge in [0.2, 0.25) is 0 Å². The molecule has 20 heavy (non-hydrogen) atoms. The van der Waals surface area contributed by atoms with E-state index in [4.69, 9.17) is 9.47 Å². The average molecular weight is 272 g/mol. The lowest BCUT2D eigenvalue weighted by Crippen LogP contribution is -2.50. The first-order valence-corrected chi connectivity index (χ1v) is 6.86. The Morgan fingerprint density at radius 1 is 0.950 bits per heavy atom. The highest BCUT2D eigenvalue weighted by Gasteiger charge is 2.18. The van der Waals surface area contributed by atoms with Gasteiger partial charge in [-0.15, -0.1) is 0 Å². The Hall–Kier alpha value is -2.00. The van der Waals surface area contributed by atoms with Crippen LogP contribution in [0.5, 0.6) is 11.5 Å². The van der Waals surface area contributed by atoms with Gasteiger partial charge < -0.3 is 15.2 Å². The fourth-order valence-corrected chi connectivity index (χ4v) is 2.50. The minimum atomic E-state index is 0.301. The average Bonchev–Trinajstić information content (AvgIpc) is 2.53. The first kappa shape index (κ1) is 14.4. The molecule has 0 radical (unpaired) electrons. The van der Waals surface area contributed by atoms with Crippen molar-refractivity contribution in [2.75, 3.05) is 20.8 Å². The van der Waals surface area contributed by atoms with Gasteiger partial charge in [0, 0.05) is 17.9 Å². The molecule has 0 amide bonds. The van der Waals surface area contributed by atoms with E-state index in [-0.39, 0.29) is 0 Å². The number of quaternary nitrogens is 1. The number of para-hydroxylation sites is 1. The highest BCUT2D eigenvalue weighted by atomic mass is 16.5. The van der Waals surface area contributed by atoms with Gasteiger partial charge >= 0.3 is 0 Å². The van der Waals surface area contributed by atoms with Gasteiger partial charge in [-0.25, -0.2) is 0 Å². The second-order valence-corrected chi connectivity index (χ2v) is 4.71. The van der Waals surface area contributed by atoms with E-state index < -0.39 is 0 Å². The van der Waals surface area contributed by atoms with Gasteiger partial charge in [0.1, 0.15) is 11.5 Å². The predicted octanol–water partition coefficient (Wildman–Crippen LogP) is 2.47. The van der Waals surface area contributed by atoms with Crippen molar-refractivity contribution >= 4 is 0 Å². The molecule has 0 unspecified atom stereocenters. The highest BCUT2D eigenvalue weighted by molar-refractivity contribution is 5.43. The molecule has 0 heterocycles. The van der Waals surface area contributed by atoms with E-state index in [9.17, 15) is 0 Å². The fourth-order valence-electron chi connectivity index (χ4n) is 2.50. The molecule has 0 aromatic heterocycles. The first-order valence-electron chi connectivity index (χ1n) is 6.86. The summed E-state index contributed by atoms with van der Waals surface area (Å²) in [5.41, 5.74) is 6.47. The summed E-state index contributed by atoms with van der Waals surface area (Å²) in [4.78, 5) is 0. The maximum atomic E-state index is 5.49. The molecule has 106 valence electrons. The van der Waals surface area contributed by atoms with E-state index in [1.165, 1.54) is 11.1 Å². The van der Waals surface area contributed by atoms with Crippen LogP contribution in [0.15, 0.2) is 48.5 Å². The van der Waals surface area contributed by atoms with Gasteiger partial charge in [0.05, 0.1) is 20.8 Å². The number of hydrogen-bond acceptors (Lipinski definition) is 2. The Morgan fingerprint density at radius 2 is 1.65 bits per heavy atom. The van der Waals surface area contributed by atoms with Crippen molar-refractivity contribution in [3.05, 3.63) is 59.7 Å². The van der Waals surface area contributed by atoms with Crippen LogP contribution in [0, 0.1) is 0 Å². The number of methoxy groups -OCH3 is 2. The molecule has 0 spiro atoms. The number of hydrogen-bond donors (Lipinski definition) is 1. The molecule has 2 aromatic carbocycles. The molecule has 0 saturated heterocycles. The maximum Gasteiger partial charge on any atom is 0.122 e. The Balaban J connectivity index is 2.39. The molecule has 0 aliphatic rings. The van der Waals surface area contributed by atoms with Crippen LogP contribution in [0.4, 0.5) is 0 Å². The minimum absolute atomic E-state index is 0.301. The third kappa shape index (κ3) is 3.11. The zero-order chi connectivity index (χ0) is 14.4. The number of ether oxygens (including phenoxy) is 2. The van der Waals surface area contributed by atoms with Crippen LogP contribution in [0.3, 0.4) is 0 Å². The molecule has 0 aliphatic carbocycles. The van der Waals surface area contributed by atoms with Gasteiger partial charge in [-0.1, -0.05) is 30.3 Å². The van der Waals surface area contributed by atoms with Gasteiger partial charge in [0.25, 0.3) is 0 Å². The zero-order valence-corrected chi connectivity index (χ0v) is 12.1. The largest absolute Gasteiger partial charge is 0.497 e. The normalized spacial score (nSPS) is 11.9. The Bertz CT molecular complexity index is 537. The molecule has 2 aromatic rings. The number of rotatable bonds is 6. The third-order valence-corrected chi connectivity index (χ3v) is 3.53. The van der Waals surface area contributed by atoms with Crippen LogP contribution < -0.4 is 15.2 Å². The predicted molar refractivity (Wildman–Crippen MR) is 80.2 cm³/mol. The van der Waals surface area contributed by atoms with Gasteiger partial charge in [-0.05, 0) is 23.8 Å². The van der Waals surface area contributed by atoms with Gasteiger partial charge in [-0.3, -0.25) is 0 Å². The van der Waals surface area contributed by atoms with Crippen LogP contribution in [0.1, 0.15) is 23.5 Å². The standard InChI is InChI=1S/C17H21NO2/c1-19-14-9-7-13(8-10-14)15(11-12-18)16-5-3-4-6-17(16)20-2/h3-10,15H,11-12,18H2,1-2H3/p+1/t15-/m1/s1. The molecule has 3 nitrogen and oxygen atoms in total. The van der Waals surface area contributed by atoms with Crippen molar-refractivity contribution in [2.24, 2.45) is 0 Å². The molecule has 1 atom stereocenters. The summed E-state index contributed by atoms with van der Waals surface area (Å²) in [6.07, 6.45) is 0.993. The summed E-state index contributed by atoms with van der Waals surface area (Å²) >= 11 is 0. The van der Waals surface area contributed by atoms with Crippen molar-refractivity contribution in [1.82, 2.24) is 0 Å². The SMILES string of the molecule is COc1ccc([C@@H](CC[NH3+])c2ccccc2OC)cc1. The maximum absolute atomic E-state index is 5.49. The summed E-state index contributed by atoms with van der Waals surface area (Å²) < 4.78 is 10.7. The summed E-state index contributed by atoms with van der Waals surface area (Å²) in [5.74, 6) is 2.11. The Morgan fingerprint density at radius 3 is 2.25 bits per heavy atom. The molecule has 3 N–H and O–H groups in total. The third-order valence-electron chi connectivity index (χ3n) is 3.53. The first-order chi connectivity index (χ1) is 9.80. The van der Waals surface area contributed by atoms with E-state index in [2.05, 4.69) is 30.0 Å². The van der Waals surface area contributed by atoms with Crippen molar-refractivity contribution < 1.29 is 15.2 Å². The second kappa shape index (κ2) is 6.96. The molecular weight excluding hydrogens is 250 g/mol. The van der Waals surface area contributed by atoms with Crippen LogP contribution in [-0.2, 0) is 0 Å². The van der Waals surface area contributed by atoms with Crippen molar-refractivity contribution in [3.63, 3.8) is 0 Å². The van der Waals surface area contributed by atoms with Crippen molar-refractivity contribution in [1.29, 1.82) is 0 Å². The lowest BCUT2D eigenvalue weighted by molar-refractivity contribution is -0.368. The summed E-state index contributed by atoms with van der Waals surface area (Å²) in [6, 6.07) is 16.4. The molecule has 0 fully saturated rings. The van der Waals surface area contributed by atoms with Crippen LogP contribution in [0.25, 0.3) is 0 Å². The molecule has 0 bridgehead atoms. The highest BCUT2D eigenvalue weighted by Crippen LogP contribution is 2.34. The minimum Gasteiger partial charge on any atom is -0.497 e.